The first-order valence-electron chi connectivity index (χ1n) is 10.5. The Morgan fingerprint density at radius 2 is 1.71 bits per heavy atom. The van der Waals surface area contributed by atoms with Crippen LogP contribution in [0.3, 0.4) is 0 Å². The number of halogens is 3. The molecule has 1 heterocycles. The highest BCUT2D eigenvalue weighted by atomic mass is 35.5. The molecule has 0 radical (unpaired) electrons. The van der Waals surface area contributed by atoms with Crippen molar-refractivity contribution in [3.05, 3.63) is 87.5 Å². The summed E-state index contributed by atoms with van der Waals surface area (Å²) in [6, 6.07) is 12.9. The summed E-state index contributed by atoms with van der Waals surface area (Å²) in [5.41, 5.74) is 0.690. The van der Waals surface area contributed by atoms with Crippen LogP contribution in [0.2, 0.25) is 10.0 Å². The molecule has 3 rings (SSSR count). The molecule has 0 spiro atoms. The van der Waals surface area contributed by atoms with Gasteiger partial charge in [-0.15, -0.1) is 0 Å². The second kappa shape index (κ2) is 10.9. The molecular formula is C24H25Cl2FN2O4S. The molecule has 0 N–H and O–H groups in total. The first kappa shape index (κ1) is 26.2. The Hall–Kier alpha value is -2.39. The number of benzene rings is 2. The van der Waals surface area contributed by atoms with Crippen LogP contribution in [-0.4, -0.2) is 36.1 Å². The Balaban J connectivity index is 1.91. The molecule has 0 fully saturated rings. The zero-order valence-corrected chi connectivity index (χ0v) is 21.3. The number of carbonyl (C=O) groups excluding carboxylic acids is 1. The van der Waals surface area contributed by atoms with Gasteiger partial charge in [0.25, 0.3) is 0 Å². The van der Waals surface area contributed by atoms with E-state index in [4.69, 9.17) is 27.6 Å². The SMILES string of the molecule is Cc1ccc(CN(Cc2ccc(F)cc2)C(=O)CN(C(C)C)S(=O)(=O)c2cc(Cl)ccc2Cl)o1. The quantitative estimate of drug-likeness (QED) is 0.360. The zero-order valence-electron chi connectivity index (χ0n) is 19.0. The van der Waals surface area contributed by atoms with Crippen molar-refractivity contribution >= 4 is 39.1 Å². The van der Waals surface area contributed by atoms with Crippen LogP contribution in [0.4, 0.5) is 4.39 Å². The van der Waals surface area contributed by atoms with Crippen molar-refractivity contribution in [2.45, 2.75) is 44.8 Å². The van der Waals surface area contributed by atoms with Crippen LogP contribution in [0, 0.1) is 12.7 Å². The van der Waals surface area contributed by atoms with Gasteiger partial charge in [0.15, 0.2) is 0 Å². The molecule has 0 aliphatic rings. The molecule has 0 bridgehead atoms. The van der Waals surface area contributed by atoms with Gasteiger partial charge in [0.2, 0.25) is 15.9 Å². The predicted molar refractivity (Wildman–Crippen MR) is 130 cm³/mol. The average molecular weight is 527 g/mol. The fourth-order valence-electron chi connectivity index (χ4n) is 3.38. The Morgan fingerprint density at radius 3 is 2.29 bits per heavy atom. The average Bonchev–Trinajstić information content (AvgIpc) is 3.18. The van der Waals surface area contributed by atoms with E-state index in [0.29, 0.717) is 17.1 Å². The summed E-state index contributed by atoms with van der Waals surface area (Å²) >= 11 is 12.2. The van der Waals surface area contributed by atoms with Crippen LogP contribution in [0.15, 0.2) is 63.9 Å². The van der Waals surface area contributed by atoms with Gasteiger partial charge in [-0.25, -0.2) is 12.8 Å². The van der Waals surface area contributed by atoms with Crippen LogP contribution >= 0.6 is 23.2 Å². The van der Waals surface area contributed by atoms with Crippen molar-refractivity contribution in [3.63, 3.8) is 0 Å². The highest BCUT2D eigenvalue weighted by Gasteiger charge is 2.32. The molecule has 0 saturated carbocycles. The molecule has 0 aliphatic heterocycles. The van der Waals surface area contributed by atoms with Crippen LogP contribution in [0.1, 0.15) is 30.9 Å². The number of hydrogen-bond donors (Lipinski definition) is 0. The van der Waals surface area contributed by atoms with Gasteiger partial charge >= 0.3 is 0 Å². The summed E-state index contributed by atoms with van der Waals surface area (Å²) in [6.07, 6.45) is 0. The second-order valence-electron chi connectivity index (χ2n) is 8.11. The van der Waals surface area contributed by atoms with Crippen LogP contribution < -0.4 is 0 Å². The van der Waals surface area contributed by atoms with E-state index in [-0.39, 0.29) is 28.0 Å². The predicted octanol–water partition coefficient (Wildman–Crippen LogP) is 5.66. The molecule has 0 atom stereocenters. The molecule has 34 heavy (non-hydrogen) atoms. The molecule has 6 nitrogen and oxygen atoms in total. The van der Waals surface area contributed by atoms with Crippen molar-refractivity contribution < 1.29 is 22.0 Å². The van der Waals surface area contributed by atoms with E-state index in [0.717, 1.165) is 4.31 Å². The first-order chi connectivity index (χ1) is 16.0. The van der Waals surface area contributed by atoms with Crippen LogP contribution in [0.5, 0.6) is 0 Å². The fraction of sp³-hybridized carbons (Fsp3) is 0.292. The minimum absolute atomic E-state index is 0.0109. The minimum atomic E-state index is -4.13. The molecule has 2 aromatic carbocycles. The van der Waals surface area contributed by atoms with Gasteiger partial charge in [0.1, 0.15) is 22.2 Å². The highest BCUT2D eigenvalue weighted by Crippen LogP contribution is 2.29. The van der Waals surface area contributed by atoms with E-state index in [2.05, 4.69) is 0 Å². The monoisotopic (exact) mass is 526 g/mol. The lowest BCUT2D eigenvalue weighted by atomic mass is 10.2. The summed E-state index contributed by atoms with van der Waals surface area (Å²) < 4.78 is 46.9. The van der Waals surface area contributed by atoms with E-state index in [1.54, 1.807) is 45.0 Å². The largest absolute Gasteiger partial charge is 0.464 e. The number of carbonyl (C=O) groups is 1. The number of rotatable bonds is 9. The van der Waals surface area contributed by atoms with Crippen molar-refractivity contribution in [1.82, 2.24) is 9.21 Å². The molecule has 3 aromatic rings. The number of hydrogen-bond acceptors (Lipinski definition) is 4. The summed E-state index contributed by atoms with van der Waals surface area (Å²) in [4.78, 5) is 14.7. The second-order valence-corrected chi connectivity index (χ2v) is 10.8. The van der Waals surface area contributed by atoms with Gasteiger partial charge in [-0.1, -0.05) is 35.3 Å². The smallest absolute Gasteiger partial charge is 0.245 e. The standard InChI is InChI=1S/C24H25Cl2FN2O4S/c1-16(2)29(34(31,32)23-12-19(25)7-11-22(23)26)15-24(30)28(14-21-10-4-17(3)33-21)13-18-5-8-20(27)9-6-18/h4-12,16H,13-15H2,1-3H3. The van der Waals surface area contributed by atoms with Gasteiger partial charge in [0.05, 0.1) is 18.1 Å². The molecule has 10 heteroatoms. The summed E-state index contributed by atoms with van der Waals surface area (Å²) in [7, 11) is -4.13. The Labute approximate surface area is 208 Å². The third-order valence-electron chi connectivity index (χ3n) is 5.13. The molecule has 1 amide bonds. The molecule has 0 unspecified atom stereocenters. The molecule has 182 valence electrons. The lowest BCUT2D eigenvalue weighted by Crippen LogP contribution is -2.45. The van der Waals surface area contributed by atoms with Crippen LogP contribution in [-0.2, 0) is 27.9 Å². The Morgan fingerprint density at radius 1 is 1.03 bits per heavy atom. The lowest BCUT2D eigenvalue weighted by Gasteiger charge is -2.29. The van der Waals surface area contributed by atoms with Crippen molar-refractivity contribution in [3.8, 4) is 0 Å². The van der Waals surface area contributed by atoms with E-state index < -0.39 is 34.3 Å². The molecule has 0 saturated heterocycles. The summed E-state index contributed by atoms with van der Waals surface area (Å²) in [5, 5.41) is 0.223. The highest BCUT2D eigenvalue weighted by molar-refractivity contribution is 7.89. The van der Waals surface area contributed by atoms with Gasteiger partial charge in [-0.3, -0.25) is 4.79 Å². The number of aryl methyl sites for hydroxylation is 1. The molecule has 1 aromatic heterocycles. The van der Waals surface area contributed by atoms with Crippen molar-refractivity contribution in [2.24, 2.45) is 0 Å². The van der Waals surface area contributed by atoms with Crippen molar-refractivity contribution in [1.29, 1.82) is 0 Å². The number of sulfonamides is 1. The molecule has 0 aliphatic carbocycles. The third kappa shape index (κ3) is 6.39. The van der Waals surface area contributed by atoms with Gasteiger partial charge < -0.3 is 9.32 Å². The van der Waals surface area contributed by atoms with Gasteiger partial charge in [-0.05, 0) is 68.8 Å². The number of furan rings is 1. The third-order valence-corrected chi connectivity index (χ3v) is 7.87. The number of amides is 1. The Bertz CT molecular complexity index is 1260. The van der Waals surface area contributed by atoms with Gasteiger partial charge in [-0.2, -0.15) is 4.31 Å². The summed E-state index contributed by atoms with van der Waals surface area (Å²) in [6.45, 7) is 4.96. The van der Waals surface area contributed by atoms with E-state index in [1.807, 2.05) is 0 Å². The van der Waals surface area contributed by atoms with Crippen molar-refractivity contribution in [2.75, 3.05) is 6.54 Å². The Kier molecular flexibility index (Phi) is 8.41. The lowest BCUT2D eigenvalue weighted by molar-refractivity contribution is -0.133. The normalized spacial score (nSPS) is 11.9. The molecular weight excluding hydrogens is 502 g/mol. The maximum atomic E-state index is 13.4. The zero-order chi connectivity index (χ0) is 25.0. The maximum Gasteiger partial charge on any atom is 0.245 e. The van der Waals surface area contributed by atoms with E-state index in [1.165, 1.54) is 35.2 Å². The fourth-order valence-corrected chi connectivity index (χ4v) is 5.71. The van der Waals surface area contributed by atoms with E-state index >= 15 is 0 Å². The maximum absolute atomic E-state index is 13.4. The first-order valence-corrected chi connectivity index (χ1v) is 12.7. The topological polar surface area (TPSA) is 70.8 Å². The summed E-state index contributed by atoms with van der Waals surface area (Å²) in [5.74, 6) is 0.392. The van der Waals surface area contributed by atoms with Crippen LogP contribution in [0.25, 0.3) is 0 Å². The number of nitrogens with zero attached hydrogens (tertiary/aromatic N) is 2. The van der Waals surface area contributed by atoms with E-state index in [9.17, 15) is 17.6 Å². The minimum Gasteiger partial charge on any atom is -0.464 e. The van der Waals surface area contributed by atoms with Gasteiger partial charge in [0, 0.05) is 17.6 Å².